The lowest BCUT2D eigenvalue weighted by Gasteiger charge is -2.16. The maximum absolute atomic E-state index is 14.3. The lowest BCUT2D eigenvalue weighted by atomic mass is 9.93. The van der Waals surface area contributed by atoms with E-state index in [1.54, 1.807) is 18.5 Å². The molecule has 8 heteroatoms. The summed E-state index contributed by atoms with van der Waals surface area (Å²) in [6.07, 6.45) is 7.03. The van der Waals surface area contributed by atoms with Crippen molar-refractivity contribution in [2.24, 2.45) is 0 Å². The number of hydrogen-bond donors (Lipinski definition) is 2. The quantitative estimate of drug-likeness (QED) is 0.436. The smallest absolute Gasteiger partial charge is 0.254 e. The van der Waals surface area contributed by atoms with Crippen LogP contribution in [0.4, 0.5) is 10.2 Å². The monoisotopic (exact) mass is 444 g/mol. The Labute approximate surface area is 191 Å². The minimum Gasteiger partial charge on any atom is -0.370 e. The Morgan fingerprint density at radius 1 is 1.12 bits per heavy atom. The Bertz CT molecular complexity index is 1310. The van der Waals surface area contributed by atoms with Crippen LogP contribution in [0.25, 0.3) is 22.2 Å². The maximum atomic E-state index is 14.3. The van der Waals surface area contributed by atoms with Crippen molar-refractivity contribution in [3.8, 4) is 11.3 Å². The number of pyridine rings is 2. The molecule has 1 unspecified atom stereocenters. The summed E-state index contributed by atoms with van der Waals surface area (Å²) < 4.78 is 14.3. The van der Waals surface area contributed by atoms with Crippen molar-refractivity contribution in [2.45, 2.75) is 26.2 Å². The van der Waals surface area contributed by atoms with Gasteiger partial charge in [-0.25, -0.2) is 14.4 Å². The molecule has 0 fully saturated rings. The molecule has 0 spiro atoms. The first kappa shape index (κ1) is 22.3. The number of aromatic nitrogens is 4. The molecule has 0 saturated carbocycles. The third-order valence-corrected chi connectivity index (χ3v) is 5.59. The largest absolute Gasteiger partial charge is 0.370 e. The standard InChI is InChI=1S/C25H25FN6O/c1-15-9-17(12-28-11-15)21-10-22(32-14-31-21)29-8-7-16(2)18-5-4-6-19-23(25(33)27-3)20(26)13-30-24(18)19/h4-6,9-14,16H,7-8H2,1-3H3,(H,27,33)(H,29,31,32). The molecule has 168 valence electrons. The summed E-state index contributed by atoms with van der Waals surface area (Å²) in [5, 5.41) is 6.36. The summed E-state index contributed by atoms with van der Waals surface area (Å²) in [4.78, 5) is 29.4. The highest BCUT2D eigenvalue weighted by molar-refractivity contribution is 6.06. The van der Waals surface area contributed by atoms with Crippen LogP contribution in [0.3, 0.4) is 0 Å². The van der Waals surface area contributed by atoms with E-state index in [1.807, 2.05) is 31.2 Å². The molecular formula is C25H25FN6O. The number of halogens is 1. The number of benzene rings is 1. The highest BCUT2D eigenvalue weighted by Crippen LogP contribution is 2.29. The van der Waals surface area contributed by atoms with Crippen molar-refractivity contribution in [3.63, 3.8) is 0 Å². The highest BCUT2D eigenvalue weighted by Gasteiger charge is 2.19. The first-order valence-corrected chi connectivity index (χ1v) is 10.7. The second-order valence-electron chi connectivity index (χ2n) is 7.96. The SMILES string of the molecule is CNC(=O)c1c(F)cnc2c(C(C)CCNc3cc(-c4cncc(C)c4)ncn3)cccc12. The van der Waals surface area contributed by atoms with Gasteiger partial charge in [-0.05, 0) is 36.5 Å². The maximum Gasteiger partial charge on any atom is 0.254 e. The number of carbonyl (C=O) groups is 1. The Hall–Kier alpha value is -3.94. The molecule has 1 atom stereocenters. The van der Waals surface area contributed by atoms with Crippen LogP contribution in [0, 0.1) is 12.7 Å². The molecule has 4 aromatic rings. The van der Waals surface area contributed by atoms with E-state index in [4.69, 9.17) is 0 Å². The van der Waals surface area contributed by atoms with E-state index in [1.165, 1.54) is 13.4 Å². The number of nitrogens with zero attached hydrogens (tertiary/aromatic N) is 4. The van der Waals surface area contributed by atoms with Gasteiger partial charge < -0.3 is 10.6 Å². The van der Waals surface area contributed by atoms with Gasteiger partial charge in [0.2, 0.25) is 0 Å². The Kier molecular flexibility index (Phi) is 6.53. The fraction of sp³-hybridized carbons (Fsp3) is 0.240. The number of para-hydroxylation sites is 1. The Morgan fingerprint density at radius 2 is 1.97 bits per heavy atom. The molecule has 4 rings (SSSR count). The fourth-order valence-electron chi connectivity index (χ4n) is 3.85. The average molecular weight is 445 g/mol. The van der Waals surface area contributed by atoms with Crippen LogP contribution in [0.15, 0.2) is 55.2 Å². The lowest BCUT2D eigenvalue weighted by molar-refractivity contribution is 0.0960. The Balaban J connectivity index is 1.49. The molecular weight excluding hydrogens is 419 g/mol. The van der Waals surface area contributed by atoms with Crippen LogP contribution in [0.5, 0.6) is 0 Å². The van der Waals surface area contributed by atoms with Gasteiger partial charge in [0.1, 0.15) is 12.1 Å². The molecule has 3 heterocycles. The van der Waals surface area contributed by atoms with Crippen molar-refractivity contribution < 1.29 is 9.18 Å². The van der Waals surface area contributed by atoms with Crippen LogP contribution in [-0.4, -0.2) is 39.4 Å². The van der Waals surface area contributed by atoms with E-state index >= 15 is 0 Å². The van der Waals surface area contributed by atoms with Gasteiger partial charge in [0.25, 0.3) is 5.91 Å². The van der Waals surface area contributed by atoms with E-state index in [0.29, 0.717) is 17.4 Å². The fourth-order valence-corrected chi connectivity index (χ4v) is 3.85. The van der Waals surface area contributed by atoms with Gasteiger partial charge in [0, 0.05) is 43.0 Å². The van der Waals surface area contributed by atoms with Crippen LogP contribution >= 0.6 is 0 Å². The number of anilines is 1. The summed E-state index contributed by atoms with van der Waals surface area (Å²) >= 11 is 0. The lowest BCUT2D eigenvalue weighted by Crippen LogP contribution is -2.20. The van der Waals surface area contributed by atoms with Gasteiger partial charge in [-0.3, -0.25) is 14.8 Å². The molecule has 0 bridgehead atoms. The van der Waals surface area contributed by atoms with Crippen LogP contribution in [0.2, 0.25) is 0 Å². The Morgan fingerprint density at radius 3 is 2.76 bits per heavy atom. The predicted molar refractivity (Wildman–Crippen MR) is 127 cm³/mol. The molecule has 0 aliphatic rings. The molecule has 1 aromatic carbocycles. The molecule has 0 aliphatic carbocycles. The van der Waals surface area contributed by atoms with Crippen molar-refractivity contribution in [1.82, 2.24) is 25.3 Å². The molecule has 0 saturated heterocycles. The molecule has 0 radical (unpaired) electrons. The van der Waals surface area contributed by atoms with Gasteiger partial charge in [-0.1, -0.05) is 25.1 Å². The summed E-state index contributed by atoms with van der Waals surface area (Å²) in [5.41, 5.74) is 4.44. The van der Waals surface area contributed by atoms with Crippen LogP contribution in [0.1, 0.15) is 40.7 Å². The molecule has 0 aliphatic heterocycles. The number of amides is 1. The minimum absolute atomic E-state index is 0.0221. The number of hydrogen-bond acceptors (Lipinski definition) is 6. The number of fused-ring (bicyclic) bond motifs is 1. The van der Waals surface area contributed by atoms with Crippen LogP contribution < -0.4 is 10.6 Å². The second-order valence-corrected chi connectivity index (χ2v) is 7.96. The minimum atomic E-state index is -0.628. The van der Waals surface area contributed by atoms with E-state index in [-0.39, 0.29) is 11.5 Å². The molecule has 3 aromatic heterocycles. The van der Waals surface area contributed by atoms with E-state index in [0.717, 1.165) is 40.8 Å². The van der Waals surface area contributed by atoms with Gasteiger partial charge in [0.05, 0.1) is 23.0 Å². The first-order valence-electron chi connectivity index (χ1n) is 10.7. The first-order chi connectivity index (χ1) is 16.0. The van der Waals surface area contributed by atoms with E-state index in [9.17, 15) is 9.18 Å². The zero-order valence-corrected chi connectivity index (χ0v) is 18.8. The second kappa shape index (κ2) is 9.68. The molecule has 2 N–H and O–H groups in total. The zero-order valence-electron chi connectivity index (χ0n) is 18.8. The third-order valence-electron chi connectivity index (χ3n) is 5.59. The van der Waals surface area contributed by atoms with Crippen molar-refractivity contribution in [3.05, 3.63) is 77.8 Å². The van der Waals surface area contributed by atoms with Gasteiger partial charge in [0.15, 0.2) is 5.82 Å². The van der Waals surface area contributed by atoms with E-state index < -0.39 is 11.7 Å². The van der Waals surface area contributed by atoms with Crippen molar-refractivity contribution in [1.29, 1.82) is 0 Å². The van der Waals surface area contributed by atoms with Gasteiger partial charge in [-0.15, -0.1) is 0 Å². The summed E-state index contributed by atoms with van der Waals surface area (Å²) in [6, 6.07) is 9.47. The van der Waals surface area contributed by atoms with Gasteiger partial charge >= 0.3 is 0 Å². The van der Waals surface area contributed by atoms with Crippen molar-refractivity contribution in [2.75, 3.05) is 18.9 Å². The highest BCUT2D eigenvalue weighted by atomic mass is 19.1. The number of nitrogens with one attached hydrogen (secondary N) is 2. The number of aryl methyl sites for hydroxylation is 1. The summed E-state index contributed by atoms with van der Waals surface area (Å²) in [7, 11) is 1.49. The summed E-state index contributed by atoms with van der Waals surface area (Å²) in [5.74, 6) is -0.237. The normalized spacial score (nSPS) is 11.9. The predicted octanol–water partition coefficient (Wildman–Crippen LogP) is 4.50. The number of carbonyl (C=O) groups excluding carboxylic acids is 1. The summed E-state index contributed by atoms with van der Waals surface area (Å²) in [6.45, 7) is 4.75. The van der Waals surface area contributed by atoms with Gasteiger partial charge in [-0.2, -0.15) is 0 Å². The topological polar surface area (TPSA) is 92.7 Å². The molecule has 7 nitrogen and oxygen atoms in total. The third kappa shape index (κ3) is 4.79. The average Bonchev–Trinajstić information content (AvgIpc) is 2.83. The van der Waals surface area contributed by atoms with Crippen molar-refractivity contribution >= 4 is 22.6 Å². The van der Waals surface area contributed by atoms with E-state index in [2.05, 4.69) is 37.5 Å². The molecule has 1 amide bonds. The van der Waals surface area contributed by atoms with Crippen LogP contribution in [-0.2, 0) is 0 Å². The molecule has 33 heavy (non-hydrogen) atoms. The number of rotatable bonds is 7. The zero-order chi connectivity index (χ0) is 23.4.